The molecule has 1 radical (unpaired) electrons. The van der Waals surface area contributed by atoms with Crippen molar-refractivity contribution >= 4 is 18.2 Å². The maximum absolute atomic E-state index is 3.88. The highest BCUT2D eigenvalue weighted by Crippen LogP contribution is 1.88. The van der Waals surface area contributed by atoms with E-state index in [-0.39, 0.29) is 0 Å². The van der Waals surface area contributed by atoms with Gasteiger partial charge in [-0.3, -0.25) is 4.98 Å². The Labute approximate surface area is 121 Å². The van der Waals surface area contributed by atoms with Gasteiger partial charge in [-0.1, -0.05) is 77.7 Å². The summed E-state index contributed by atoms with van der Waals surface area (Å²) in [5.41, 5.74) is 3.70. The van der Waals surface area contributed by atoms with Crippen molar-refractivity contribution in [2.75, 3.05) is 0 Å². The van der Waals surface area contributed by atoms with E-state index in [1.165, 1.54) is 16.5 Å². The molecule has 0 saturated carbocycles. The molecule has 3 rings (SSSR count). The second-order valence-electron chi connectivity index (χ2n) is 4.50. The number of aryl methyl sites for hydroxylation is 1. The second kappa shape index (κ2) is 7.95. The minimum absolute atomic E-state index is 1.21. The average molecular weight is 258 g/mol. The molecule has 1 heterocycles. The quantitative estimate of drug-likeness (QED) is 0.644. The monoisotopic (exact) mass is 258 g/mol. The number of pyridine rings is 1. The van der Waals surface area contributed by atoms with Crippen LogP contribution < -0.4 is 10.9 Å². The van der Waals surface area contributed by atoms with E-state index >= 15 is 0 Å². The minimum atomic E-state index is 1.21. The topological polar surface area (TPSA) is 12.9 Å². The van der Waals surface area contributed by atoms with Crippen molar-refractivity contribution in [1.29, 1.82) is 0 Å². The first-order valence-corrected chi connectivity index (χ1v) is 6.66. The molecule has 0 atom stereocenters. The highest BCUT2D eigenvalue weighted by molar-refractivity contribution is 6.67. The molecule has 20 heavy (non-hydrogen) atoms. The summed E-state index contributed by atoms with van der Waals surface area (Å²) in [5.74, 6) is 0. The van der Waals surface area contributed by atoms with Crippen LogP contribution in [-0.4, -0.2) is 12.3 Å². The molecule has 0 aliphatic rings. The van der Waals surface area contributed by atoms with Crippen molar-refractivity contribution in [2.45, 2.75) is 6.92 Å². The SMILES string of the molecule is Cc1cccnc1.[B](c1ccccc1)c1ccccc1. The second-order valence-corrected chi connectivity index (χ2v) is 4.50. The zero-order chi connectivity index (χ0) is 14.0. The lowest BCUT2D eigenvalue weighted by atomic mass is 9.64. The first-order valence-electron chi connectivity index (χ1n) is 6.66. The van der Waals surface area contributed by atoms with E-state index in [0.717, 1.165) is 0 Å². The molecule has 2 aromatic carbocycles. The molecule has 0 unspecified atom stereocenters. The Kier molecular flexibility index (Phi) is 5.60. The predicted octanol–water partition coefficient (Wildman–Crippen LogP) is 2.73. The van der Waals surface area contributed by atoms with Crippen LogP contribution in [-0.2, 0) is 0 Å². The Bertz CT molecular complexity index is 557. The lowest BCUT2D eigenvalue weighted by Crippen LogP contribution is -2.26. The molecule has 0 aliphatic heterocycles. The van der Waals surface area contributed by atoms with Gasteiger partial charge in [-0.25, -0.2) is 0 Å². The highest BCUT2D eigenvalue weighted by atomic mass is 14.6. The Morgan fingerprint density at radius 2 is 1.25 bits per heavy atom. The first-order chi connectivity index (χ1) is 9.84. The van der Waals surface area contributed by atoms with Crippen LogP contribution in [0.1, 0.15) is 5.56 Å². The van der Waals surface area contributed by atoms with Crippen molar-refractivity contribution in [2.24, 2.45) is 0 Å². The molecule has 0 saturated heterocycles. The highest BCUT2D eigenvalue weighted by Gasteiger charge is 1.95. The summed E-state index contributed by atoms with van der Waals surface area (Å²) in [4.78, 5) is 3.88. The van der Waals surface area contributed by atoms with Gasteiger partial charge in [-0.2, -0.15) is 0 Å². The molecule has 0 N–H and O–H groups in total. The minimum Gasteiger partial charge on any atom is -0.264 e. The molecule has 0 amide bonds. The van der Waals surface area contributed by atoms with Crippen LogP contribution in [0, 0.1) is 6.92 Å². The summed E-state index contributed by atoms with van der Waals surface area (Å²) < 4.78 is 0. The van der Waals surface area contributed by atoms with E-state index in [1.807, 2.05) is 37.4 Å². The molecule has 1 nitrogen and oxygen atoms in total. The van der Waals surface area contributed by atoms with Crippen molar-refractivity contribution in [1.82, 2.24) is 4.98 Å². The Morgan fingerprint density at radius 3 is 1.60 bits per heavy atom. The first kappa shape index (κ1) is 14.1. The van der Waals surface area contributed by atoms with Crippen LogP contribution in [0.5, 0.6) is 0 Å². The molecular weight excluding hydrogens is 241 g/mol. The smallest absolute Gasteiger partial charge is 0.191 e. The van der Waals surface area contributed by atoms with Crippen LogP contribution in [0.3, 0.4) is 0 Å². The Morgan fingerprint density at radius 1 is 0.700 bits per heavy atom. The van der Waals surface area contributed by atoms with Gasteiger partial charge in [0.1, 0.15) is 0 Å². The number of hydrogen-bond acceptors (Lipinski definition) is 1. The number of aromatic nitrogens is 1. The third-order valence-electron chi connectivity index (χ3n) is 2.74. The number of rotatable bonds is 2. The van der Waals surface area contributed by atoms with Gasteiger partial charge in [0.15, 0.2) is 7.28 Å². The zero-order valence-corrected chi connectivity index (χ0v) is 11.6. The fraction of sp³-hybridized carbons (Fsp3) is 0.0556. The van der Waals surface area contributed by atoms with Gasteiger partial charge in [0.2, 0.25) is 0 Å². The van der Waals surface area contributed by atoms with Gasteiger partial charge in [0.25, 0.3) is 0 Å². The van der Waals surface area contributed by atoms with Crippen molar-refractivity contribution in [3.05, 3.63) is 90.8 Å². The van der Waals surface area contributed by atoms with Gasteiger partial charge in [-0.05, 0) is 18.6 Å². The lowest BCUT2D eigenvalue weighted by molar-refractivity contribution is 1.27. The number of nitrogens with zero attached hydrogens (tertiary/aromatic N) is 1. The summed E-state index contributed by atoms with van der Waals surface area (Å²) in [7, 11) is 2.17. The maximum Gasteiger partial charge on any atom is 0.191 e. The normalized spacial score (nSPS) is 9.25. The van der Waals surface area contributed by atoms with E-state index < -0.39 is 0 Å². The predicted molar refractivity (Wildman–Crippen MR) is 86.9 cm³/mol. The molecular formula is C18H17BN. The summed E-state index contributed by atoms with van der Waals surface area (Å²) in [5, 5.41) is 0. The molecule has 97 valence electrons. The largest absolute Gasteiger partial charge is 0.264 e. The summed E-state index contributed by atoms with van der Waals surface area (Å²) >= 11 is 0. The molecule has 0 fully saturated rings. The molecule has 1 aromatic heterocycles. The van der Waals surface area contributed by atoms with Gasteiger partial charge in [0, 0.05) is 12.4 Å². The van der Waals surface area contributed by atoms with Crippen molar-refractivity contribution < 1.29 is 0 Å². The van der Waals surface area contributed by atoms with E-state index in [4.69, 9.17) is 0 Å². The van der Waals surface area contributed by atoms with E-state index in [9.17, 15) is 0 Å². The molecule has 0 aliphatic carbocycles. The average Bonchev–Trinajstić information content (AvgIpc) is 2.51. The van der Waals surface area contributed by atoms with Crippen LogP contribution in [0.2, 0.25) is 0 Å². The van der Waals surface area contributed by atoms with Crippen molar-refractivity contribution in [3.8, 4) is 0 Å². The van der Waals surface area contributed by atoms with Gasteiger partial charge < -0.3 is 0 Å². The molecule has 2 heteroatoms. The summed E-state index contributed by atoms with van der Waals surface area (Å²) in [6, 6.07) is 24.6. The van der Waals surface area contributed by atoms with E-state index in [1.54, 1.807) is 6.20 Å². The fourth-order valence-electron chi connectivity index (χ4n) is 1.74. The Balaban J connectivity index is 0.000000178. The van der Waals surface area contributed by atoms with E-state index in [0.29, 0.717) is 0 Å². The zero-order valence-electron chi connectivity index (χ0n) is 11.6. The molecule has 3 aromatic rings. The fourth-order valence-corrected chi connectivity index (χ4v) is 1.74. The van der Waals surface area contributed by atoms with E-state index in [2.05, 4.69) is 60.8 Å². The third kappa shape index (κ3) is 5.11. The lowest BCUT2D eigenvalue weighted by Gasteiger charge is -1.98. The molecule has 0 bridgehead atoms. The maximum atomic E-state index is 3.88. The molecule has 0 spiro atoms. The van der Waals surface area contributed by atoms with Gasteiger partial charge in [0.05, 0.1) is 0 Å². The van der Waals surface area contributed by atoms with Gasteiger partial charge in [-0.15, -0.1) is 0 Å². The van der Waals surface area contributed by atoms with Crippen molar-refractivity contribution in [3.63, 3.8) is 0 Å². The van der Waals surface area contributed by atoms with Crippen LogP contribution >= 0.6 is 0 Å². The Hall–Kier alpha value is -2.35. The summed E-state index contributed by atoms with van der Waals surface area (Å²) in [6.07, 6.45) is 3.60. The number of benzene rings is 2. The van der Waals surface area contributed by atoms with Gasteiger partial charge >= 0.3 is 0 Å². The third-order valence-corrected chi connectivity index (χ3v) is 2.74. The van der Waals surface area contributed by atoms with Crippen LogP contribution in [0.25, 0.3) is 0 Å². The standard InChI is InChI=1S/C12H10B.C6H7N/c1-3-7-11(8-4-1)13-12-9-5-2-6-10-12;1-6-3-2-4-7-5-6/h1-10H;2-5H,1H3. The van der Waals surface area contributed by atoms with Crippen LogP contribution in [0.4, 0.5) is 0 Å². The summed E-state index contributed by atoms with van der Waals surface area (Å²) in [6.45, 7) is 2.02. The number of hydrogen-bond donors (Lipinski definition) is 0. The van der Waals surface area contributed by atoms with Crippen LogP contribution in [0.15, 0.2) is 85.2 Å².